The highest BCUT2D eigenvalue weighted by molar-refractivity contribution is 9.10. The number of alkyl halides is 1. The Morgan fingerprint density at radius 3 is 2.50 bits per heavy atom. The second-order valence-corrected chi connectivity index (χ2v) is 5.89. The van der Waals surface area contributed by atoms with Gasteiger partial charge in [-0.3, -0.25) is 0 Å². The Kier molecular flexibility index (Phi) is 6.20. The van der Waals surface area contributed by atoms with Crippen molar-refractivity contribution >= 4 is 43.5 Å². The molecule has 0 spiro atoms. The van der Waals surface area contributed by atoms with Crippen LogP contribution >= 0.6 is 43.5 Å². The lowest BCUT2D eigenvalue weighted by molar-refractivity contribution is 0.216. The maximum absolute atomic E-state index is 6.11. The van der Waals surface area contributed by atoms with Crippen molar-refractivity contribution < 1.29 is 9.47 Å². The van der Waals surface area contributed by atoms with Crippen LogP contribution in [0.5, 0.6) is 11.5 Å². The lowest BCUT2D eigenvalue weighted by Gasteiger charge is -2.12. The van der Waals surface area contributed by atoms with Gasteiger partial charge in [-0.1, -0.05) is 55.6 Å². The van der Waals surface area contributed by atoms with Crippen LogP contribution in [0.25, 0.3) is 0 Å². The SMILES string of the molecule is Clc1cccc(OCCOc2cccc(Br)c2)c1CBr. The first kappa shape index (κ1) is 15.7. The summed E-state index contributed by atoms with van der Waals surface area (Å²) in [5, 5.41) is 1.36. The fourth-order valence-corrected chi connectivity index (χ4v) is 3.02. The highest BCUT2D eigenvalue weighted by Crippen LogP contribution is 2.28. The molecule has 0 N–H and O–H groups in total. The van der Waals surface area contributed by atoms with Crippen LogP contribution in [0, 0.1) is 0 Å². The highest BCUT2D eigenvalue weighted by Gasteiger charge is 2.06. The minimum atomic E-state index is 0.465. The average Bonchev–Trinajstić information content (AvgIpc) is 2.44. The van der Waals surface area contributed by atoms with Crippen LogP contribution in [-0.2, 0) is 5.33 Å². The van der Waals surface area contributed by atoms with E-state index in [2.05, 4.69) is 31.9 Å². The predicted octanol–water partition coefficient (Wildman–Crippen LogP) is 5.46. The van der Waals surface area contributed by atoms with Crippen LogP contribution in [-0.4, -0.2) is 13.2 Å². The molecule has 2 nitrogen and oxygen atoms in total. The summed E-state index contributed by atoms with van der Waals surface area (Å²) in [5.41, 5.74) is 0.955. The van der Waals surface area contributed by atoms with Gasteiger partial charge in [0, 0.05) is 20.4 Å². The fraction of sp³-hybridized carbons (Fsp3) is 0.200. The molecule has 0 aliphatic rings. The normalized spacial score (nSPS) is 10.3. The van der Waals surface area contributed by atoms with E-state index >= 15 is 0 Å². The number of rotatable bonds is 6. The zero-order valence-corrected chi connectivity index (χ0v) is 14.5. The van der Waals surface area contributed by atoms with Crippen LogP contribution in [0.4, 0.5) is 0 Å². The van der Waals surface area contributed by atoms with Gasteiger partial charge in [0.25, 0.3) is 0 Å². The summed E-state index contributed by atoms with van der Waals surface area (Å²) in [5.74, 6) is 1.60. The van der Waals surface area contributed by atoms with Gasteiger partial charge in [-0.2, -0.15) is 0 Å². The second-order valence-electron chi connectivity index (χ2n) is 4.00. The topological polar surface area (TPSA) is 18.5 Å². The van der Waals surface area contributed by atoms with Crippen LogP contribution in [0.2, 0.25) is 5.02 Å². The molecule has 106 valence electrons. The lowest BCUT2D eigenvalue weighted by Crippen LogP contribution is -2.09. The summed E-state index contributed by atoms with van der Waals surface area (Å²) in [6, 6.07) is 13.3. The summed E-state index contributed by atoms with van der Waals surface area (Å²) in [4.78, 5) is 0. The molecule has 0 unspecified atom stereocenters. The molecule has 0 aliphatic carbocycles. The summed E-state index contributed by atoms with van der Waals surface area (Å²) in [7, 11) is 0. The minimum Gasteiger partial charge on any atom is -0.490 e. The first-order chi connectivity index (χ1) is 9.70. The largest absolute Gasteiger partial charge is 0.490 e. The molecule has 0 fully saturated rings. The van der Waals surface area contributed by atoms with Gasteiger partial charge in [-0.15, -0.1) is 0 Å². The summed E-state index contributed by atoms with van der Waals surface area (Å²) < 4.78 is 12.3. The van der Waals surface area contributed by atoms with Gasteiger partial charge in [-0.05, 0) is 30.3 Å². The standard InChI is InChI=1S/C15H13Br2ClO2/c16-10-13-14(18)5-2-6-15(13)20-8-7-19-12-4-1-3-11(17)9-12/h1-6,9H,7-8,10H2. The van der Waals surface area contributed by atoms with Gasteiger partial charge in [0.2, 0.25) is 0 Å². The van der Waals surface area contributed by atoms with Crippen LogP contribution < -0.4 is 9.47 Å². The van der Waals surface area contributed by atoms with Crippen LogP contribution in [0.3, 0.4) is 0 Å². The summed E-state index contributed by atoms with van der Waals surface area (Å²) >= 11 is 12.9. The van der Waals surface area contributed by atoms with E-state index in [9.17, 15) is 0 Å². The first-order valence-electron chi connectivity index (χ1n) is 6.05. The lowest BCUT2D eigenvalue weighted by atomic mass is 10.2. The van der Waals surface area contributed by atoms with Crippen LogP contribution in [0.15, 0.2) is 46.9 Å². The number of hydrogen-bond donors (Lipinski definition) is 0. The van der Waals surface area contributed by atoms with E-state index in [1.54, 1.807) is 0 Å². The van der Waals surface area contributed by atoms with E-state index in [4.69, 9.17) is 21.1 Å². The van der Waals surface area contributed by atoms with E-state index in [0.717, 1.165) is 21.5 Å². The molecule has 5 heteroatoms. The van der Waals surface area contributed by atoms with Gasteiger partial charge in [-0.25, -0.2) is 0 Å². The van der Waals surface area contributed by atoms with Gasteiger partial charge < -0.3 is 9.47 Å². The molecule has 0 heterocycles. The monoisotopic (exact) mass is 418 g/mol. The Morgan fingerprint density at radius 1 is 1.00 bits per heavy atom. The number of hydrogen-bond acceptors (Lipinski definition) is 2. The zero-order chi connectivity index (χ0) is 14.4. The molecule has 20 heavy (non-hydrogen) atoms. The van der Waals surface area contributed by atoms with Crippen molar-refractivity contribution in [3.8, 4) is 11.5 Å². The van der Waals surface area contributed by atoms with E-state index < -0.39 is 0 Å². The van der Waals surface area contributed by atoms with Crippen molar-refractivity contribution in [1.82, 2.24) is 0 Å². The van der Waals surface area contributed by atoms with Crippen molar-refractivity contribution in [2.75, 3.05) is 13.2 Å². The molecule has 0 saturated carbocycles. The Morgan fingerprint density at radius 2 is 1.75 bits per heavy atom. The summed E-state index contributed by atoms with van der Waals surface area (Å²) in [6.07, 6.45) is 0. The van der Waals surface area contributed by atoms with Crippen molar-refractivity contribution in [3.05, 3.63) is 57.5 Å². The molecule has 2 aromatic carbocycles. The molecule has 0 atom stereocenters. The van der Waals surface area contributed by atoms with Gasteiger partial charge in [0.05, 0.1) is 0 Å². The molecule has 2 aromatic rings. The van der Waals surface area contributed by atoms with Crippen molar-refractivity contribution in [3.63, 3.8) is 0 Å². The number of benzene rings is 2. The molecule has 2 rings (SSSR count). The first-order valence-corrected chi connectivity index (χ1v) is 8.34. The van der Waals surface area contributed by atoms with Crippen molar-refractivity contribution in [2.45, 2.75) is 5.33 Å². The van der Waals surface area contributed by atoms with E-state index in [1.165, 1.54) is 0 Å². The smallest absolute Gasteiger partial charge is 0.125 e. The Hall–Kier alpha value is -0.710. The Balaban J connectivity index is 1.86. The highest BCUT2D eigenvalue weighted by atomic mass is 79.9. The van der Waals surface area contributed by atoms with Crippen molar-refractivity contribution in [2.24, 2.45) is 0 Å². The minimum absolute atomic E-state index is 0.465. The van der Waals surface area contributed by atoms with Crippen molar-refractivity contribution in [1.29, 1.82) is 0 Å². The van der Waals surface area contributed by atoms with Gasteiger partial charge in [0.15, 0.2) is 0 Å². The number of halogens is 3. The van der Waals surface area contributed by atoms with E-state index in [0.29, 0.717) is 23.6 Å². The van der Waals surface area contributed by atoms with Gasteiger partial charge in [0.1, 0.15) is 24.7 Å². The maximum atomic E-state index is 6.11. The molecule has 0 aliphatic heterocycles. The zero-order valence-electron chi connectivity index (χ0n) is 10.6. The third-order valence-corrected chi connectivity index (χ3v) is 4.02. The summed E-state index contributed by atoms with van der Waals surface area (Å²) in [6.45, 7) is 0.942. The van der Waals surface area contributed by atoms with Gasteiger partial charge >= 0.3 is 0 Å². The second kappa shape index (κ2) is 7.91. The number of ether oxygens (including phenoxy) is 2. The molecular formula is C15H13Br2ClO2. The Bertz CT molecular complexity index is 576. The van der Waals surface area contributed by atoms with Crippen LogP contribution in [0.1, 0.15) is 5.56 Å². The molecule has 0 saturated heterocycles. The Labute approximate surface area is 140 Å². The molecule has 0 radical (unpaired) electrons. The third kappa shape index (κ3) is 4.40. The quantitative estimate of drug-likeness (QED) is 0.457. The maximum Gasteiger partial charge on any atom is 0.125 e. The third-order valence-electron chi connectivity index (χ3n) is 2.62. The molecule has 0 aromatic heterocycles. The predicted molar refractivity (Wildman–Crippen MR) is 89.2 cm³/mol. The van der Waals surface area contributed by atoms with E-state index in [1.807, 2.05) is 42.5 Å². The molecule has 0 bridgehead atoms. The molecule has 0 amide bonds. The molecular weight excluding hydrogens is 407 g/mol. The van der Waals surface area contributed by atoms with E-state index in [-0.39, 0.29) is 0 Å². The fourth-order valence-electron chi connectivity index (χ4n) is 1.67. The average molecular weight is 421 g/mol.